The van der Waals surface area contributed by atoms with Crippen molar-refractivity contribution < 1.29 is 13.9 Å². The van der Waals surface area contributed by atoms with Crippen LogP contribution in [-0.2, 0) is 4.74 Å². The van der Waals surface area contributed by atoms with E-state index in [4.69, 9.17) is 10.5 Å². The number of aliphatic imine (C=N–C) groups is 1. The lowest BCUT2D eigenvalue weighted by molar-refractivity contribution is 0.0186. The molecule has 1 aromatic rings. The van der Waals surface area contributed by atoms with Crippen molar-refractivity contribution in [3.8, 4) is 0 Å². The fourth-order valence-corrected chi connectivity index (χ4v) is 2.65. The van der Waals surface area contributed by atoms with Gasteiger partial charge in [0, 0.05) is 45.0 Å². The van der Waals surface area contributed by atoms with Gasteiger partial charge in [-0.1, -0.05) is 6.07 Å². The minimum atomic E-state index is -0.492. The number of benzene rings is 1. The summed E-state index contributed by atoms with van der Waals surface area (Å²) in [6.45, 7) is 9.23. The average molecular weight is 379 g/mol. The lowest BCUT2D eigenvalue weighted by Gasteiger charge is -2.36. The normalized spacial score (nSPS) is 15.6. The number of piperazine rings is 1. The molecule has 1 saturated heterocycles. The molecule has 1 amide bonds. The molecule has 1 aromatic carbocycles. The summed E-state index contributed by atoms with van der Waals surface area (Å²) in [7, 11) is 0. The number of hydrogen-bond donors (Lipinski definition) is 2. The highest BCUT2D eigenvalue weighted by atomic mass is 19.1. The second-order valence-electron chi connectivity index (χ2n) is 7.49. The SMILES string of the molecule is CC(C)(C)OC(=O)N1CCN(C(N)=NCCCNc2cccc(F)c2)CC1. The van der Waals surface area contributed by atoms with E-state index in [0.29, 0.717) is 45.2 Å². The Bertz CT molecular complexity index is 652. The van der Waals surface area contributed by atoms with Crippen LogP contribution >= 0.6 is 0 Å². The van der Waals surface area contributed by atoms with Crippen molar-refractivity contribution in [1.29, 1.82) is 0 Å². The summed E-state index contributed by atoms with van der Waals surface area (Å²) in [5, 5.41) is 3.15. The first-order valence-corrected chi connectivity index (χ1v) is 9.27. The number of amides is 1. The van der Waals surface area contributed by atoms with Crippen molar-refractivity contribution in [1.82, 2.24) is 9.80 Å². The molecule has 1 heterocycles. The molecule has 3 N–H and O–H groups in total. The van der Waals surface area contributed by atoms with Gasteiger partial charge in [-0.25, -0.2) is 9.18 Å². The molecular weight excluding hydrogens is 349 g/mol. The van der Waals surface area contributed by atoms with Gasteiger partial charge in [0.15, 0.2) is 5.96 Å². The Labute approximate surface area is 160 Å². The smallest absolute Gasteiger partial charge is 0.410 e. The van der Waals surface area contributed by atoms with E-state index in [2.05, 4.69) is 10.3 Å². The van der Waals surface area contributed by atoms with E-state index in [1.54, 1.807) is 11.0 Å². The van der Waals surface area contributed by atoms with E-state index >= 15 is 0 Å². The molecule has 0 bridgehead atoms. The van der Waals surface area contributed by atoms with Crippen LogP contribution in [0.2, 0.25) is 0 Å². The molecule has 8 heteroatoms. The third kappa shape index (κ3) is 7.32. The Balaban J connectivity index is 1.67. The third-order valence-corrected chi connectivity index (χ3v) is 4.02. The van der Waals surface area contributed by atoms with Gasteiger partial charge < -0.3 is 25.6 Å². The molecule has 27 heavy (non-hydrogen) atoms. The molecule has 0 aliphatic carbocycles. The Morgan fingerprint density at radius 1 is 1.26 bits per heavy atom. The second kappa shape index (κ2) is 9.43. The summed E-state index contributed by atoms with van der Waals surface area (Å²) >= 11 is 0. The fraction of sp³-hybridized carbons (Fsp3) is 0.579. The summed E-state index contributed by atoms with van der Waals surface area (Å²) in [6, 6.07) is 6.37. The zero-order valence-electron chi connectivity index (χ0n) is 16.4. The van der Waals surface area contributed by atoms with Crippen molar-refractivity contribution in [2.45, 2.75) is 32.8 Å². The molecule has 150 valence electrons. The number of anilines is 1. The number of hydrogen-bond acceptors (Lipinski definition) is 4. The van der Waals surface area contributed by atoms with Crippen molar-refractivity contribution in [2.24, 2.45) is 10.7 Å². The lowest BCUT2D eigenvalue weighted by Crippen LogP contribution is -2.53. The van der Waals surface area contributed by atoms with Crippen LogP contribution in [0.25, 0.3) is 0 Å². The first-order chi connectivity index (χ1) is 12.7. The molecular formula is C19H30FN5O2. The summed E-state index contributed by atoms with van der Waals surface area (Å²) in [5.41, 5.74) is 6.32. The highest BCUT2D eigenvalue weighted by molar-refractivity contribution is 5.78. The van der Waals surface area contributed by atoms with Crippen LogP contribution < -0.4 is 11.1 Å². The van der Waals surface area contributed by atoms with Crippen LogP contribution in [0.5, 0.6) is 0 Å². The molecule has 0 unspecified atom stereocenters. The zero-order valence-corrected chi connectivity index (χ0v) is 16.4. The standard InChI is InChI=1S/C19H30FN5O2/c1-19(2,3)27-18(26)25-12-10-24(11-13-25)17(21)23-9-5-8-22-16-7-4-6-15(20)14-16/h4,6-7,14,22H,5,8-13H2,1-3H3,(H2,21,23). The molecule has 2 rings (SSSR count). The largest absolute Gasteiger partial charge is 0.444 e. The van der Waals surface area contributed by atoms with Gasteiger partial charge in [0.2, 0.25) is 0 Å². The molecule has 7 nitrogen and oxygen atoms in total. The number of nitrogens with two attached hydrogens (primary N) is 1. The van der Waals surface area contributed by atoms with Crippen molar-refractivity contribution in [2.75, 3.05) is 44.6 Å². The predicted molar refractivity (Wildman–Crippen MR) is 105 cm³/mol. The molecule has 0 atom stereocenters. The van der Waals surface area contributed by atoms with Crippen LogP contribution in [0.15, 0.2) is 29.3 Å². The fourth-order valence-electron chi connectivity index (χ4n) is 2.65. The molecule has 0 aromatic heterocycles. The highest BCUT2D eigenvalue weighted by Crippen LogP contribution is 2.12. The van der Waals surface area contributed by atoms with Crippen LogP contribution in [0.3, 0.4) is 0 Å². The van der Waals surface area contributed by atoms with E-state index in [1.807, 2.05) is 31.7 Å². The van der Waals surface area contributed by atoms with Crippen LogP contribution in [0.4, 0.5) is 14.9 Å². The van der Waals surface area contributed by atoms with Gasteiger partial charge in [-0.15, -0.1) is 0 Å². The average Bonchev–Trinajstić information content (AvgIpc) is 2.60. The van der Waals surface area contributed by atoms with Gasteiger partial charge in [-0.3, -0.25) is 4.99 Å². The number of carbonyl (C=O) groups is 1. The molecule has 1 aliphatic heterocycles. The van der Waals surface area contributed by atoms with Crippen LogP contribution in [0.1, 0.15) is 27.2 Å². The number of ether oxygens (including phenoxy) is 1. The number of guanidine groups is 1. The summed E-state index contributed by atoms with van der Waals surface area (Å²) in [5.74, 6) is 0.234. The maximum Gasteiger partial charge on any atom is 0.410 e. The number of carbonyl (C=O) groups excluding carboxylic acids is 1. The highest BCUT2D eigenvalue weighted by Gasteiger charge is 2.26. The Hall–Kier alpha value is -2.51. The minimum Gasteiger partial charge on any atom is -0.444 e. The number of rotatable bonds is 5. The predicted octanol–water partition coefficient (Wildman–Crippen LogP) is 2.50. The van der Waals surface area contributed by atoms with Crippen LogP contribution in [-0.4, -0.2) is 66.7 Å². The Morgan fingerprint density at radius 2 is 1.93 bits per heavy atom. The van der Waals surface area contributed by atoms with Gasteiger partial charge in [-0.05, 0) is 45.4 Å². The maximum atomic E-state index is 13.1. The lowest BCUT2D eigenvalue weighted by atomic mass is 10.2. The van der Waals surface area contributed by atoms with Gasteiger partial charge in [0.05, 0.1) is 0 Å². The zero-order chi connectivity index (χ0) is 19.9. The molecule has 0 saturated carbocycles. The molecule has 0 radical (unpaired) electrons. The number of nitrogens with zero attached hydrogens (tertiary/aromatic N) is 3. The summed E-state index contributed by atoms with van der Waals surface area (Å²) in [6.07, 6.45) is 0.496. The summed E-state index contributed by atoms with van der Waals surface area (Å²) < 4.78 is 18.5. The first-order valence-electron chi connectivity index (χ1n) is 9.27. The van der Waals surface area contributed by atoms with Crippen molar-refractivity contribution in [3.05, 3.63) is 30.1 Å². The topological polar surface area (TPSA) is 83.2 Å². The Morgan fingerprint density at radius 3 is 2.56 bits per heavy atom. The van der Waals surface area contributed by atoms with Gasteiger partial charge >= 0.3 is 6.09 Å². The number of nitrogens with one attached hydrogen (secondary N) is 1. The molecule has 1 fully saturated rings. The van der Waals surface area contributed by atoms with Crippen molar-refractivity contribution in [3.63, 3.8) is 0 Å². The van der Waals surface area contributed by atoms with Crippen molar-refractivity contribution >= 4 is 17.7 Å². The minimum absolute atomic E-state index is 0.257. The van der Waals surface area contributed by atoms with E-state index in [1.165, 1.54) is 12.1 Å². The third-order valence-electron chi connectivity index (χ3n) is 4.02. The monoisotopic (exact) mass is 379 g/mol. The maximum absolute atomic E-state index is 13.1. The van der Waals surface area contributed by atoms with E-state index in [-0.39, 0.29) is 11.9 Å². The number of halogens is 1. The first kappa shape index (κ1) is 20.8. The van der Waals surface area contributed by atoms with Gasteiger partial charge in [-0.2, -0.15) is 0 Å². The second-order valence-corrected chi connectivity index (χ2v) is 7.49. The molecule has 1 aliphatic rings. The van der Waals surface area contributed by atoms with E-state index in [0.717, 1.165) is 12.1 Å². The van der Waals surface area contributed by atoms with Gasteiger partial charge in [0.25, 0.3) is 0 Å². The summed E-state index contributed by atoms with van der Waals surface area (Å²) in [4.78, 5) is 20.1. The van der Waals surface area contributed by atoms with E-state index < -0.39 is 5.60 Å². The van der Waals surface area contributed by atoms with Crippen LogP contribution in [0, 0.1) is 5.82 Å². The molecule has 0 spiro atoms. The quantitative estimate of drug-likeness (QED) is 0.467. The van der Waals surface area contributed by atoms with Gasteiger partial charge in [0.1, 0.15) is 11.4 Å². The van der Waals surface area contributed by atoms with E-state index in [9.17, 15) is 9.18 Å². The Kier molecular flexibility index (Phi) is 7.27.